The molecule has 6 heteroatoms. The van der Waals surface area contributed by atoms with E-state index in [9.17, 15) is 14.0 Å². The second kappa shape index (κ2) is 9.15. The number of piperidine rings is 1. The summed E-state index contributed by atoms with van der Waals surface area (Å²) in [6.07, 6.45) is 1.65. The van der Waals surface area contributed by atoms with Crippen LogP contribution >= 0.6 is 0 Å². The first-order valence-corrected chi connectivity index (χ1v) is 11.1. The molecular formula is C26H29FN2O3. The molecule has 2 heterocycles. The lowest BCUT2D eigenvalue weighted by Crippen LogP contribution is -2.42. The summed E-state index contributed by atoms with van der Waals surface area (Å²) >= 11 is 0. The normalized spacial score (nSPS) is 21.5. The first-order valence-electron chi connectivity index (χ1n) is 11.1. The van der Waals surface area contributed by atoms with Gasteiger partial charge in [0, 0.05) is 19.6 Å². The van der Waals surface area contributed by atoms with Crippen molar-refractivity contribution in [1.82, 2.24) is 9.80 Å². The number of amides is 2. The molecule has 2 aliphatic rings. The topological polar surface area (TPSA) is 49.9 Å². The molecule has 0 radical (unpaired) electrons. The van der Waals surface area contributed by atoms with Gasteiger partial charge in [-0.2, -0.15) is 0 Å². The lowest BCUT2D eigenvalue weighted by Gasteiger charge is -2.37. The van der Waals surface area contributed by atoms with Crippen molar-refractivity contribution in [3.63, 3.8) is 0 Å². The predicted molar refractivity (Wildman–Crippen MR) is 121 cm³/mol. The van der Waals surface area contributed by atoms with Crippen LogP contribution in [-0.2, 0) is 16.0 Å². The van der Waals surface area contributed by atoms with Crippen molar-refractivity contribution in [2.75, 3.05) is 26.7 Å². The molecule has 2 aliphatic heterocycles. The number of hydrogen-bond donors (Lipinski definition) is 0. The quantitative estimate of drug-likeness (QED) is 0.639. The van der Waals surface area contributed by atoms with Crippen LogP contribution in [0.3, 0.4) is 0 Å². The zero-order chi connectivity index (χ0) is 22.8. The molecule has 0 spiro atoms. The highest BCUT2D eigenvalue weighted by atomic mass is 19.1. The zero-order valence-corrected chi connectivity index (χ0v) is 18.8. The van der Waals surface area contributed by atoms with Crippen LogP contribution < -0.4 is 4.74 Å². The smallest absolute Gasteiger partial charge is 0.277 e. The van der Waals surface area contributed by atoms with E-state index in [1.165, 1.54) is 17.0 Å². The Labute approximate surface area is 188 Å². The summed E-state index contributed by atoms with van der Waals surface area (Å²) in [5, 5.41) is 0. The van der Waals surface area contributed by atoms with Gasteiger partial charge in [-0.05, 0) is 60.1 Å². The van der Waals surface area contributed by atoms with Crippen molar-refractivity contribution in [3.8, 4) is 5.75 Å². The van der Waals surface area contributed by atoms with Crippen LogP contribution in [0.5, 0.6) is 5.75 Å². The molecule has 2 aromatic rings. The number of likely N-dealkylation sites (tertiary alicyclic amines) is 1. The molecule has 168 valence electrons. The number of methoxy groups -OCH3 is 1. The van der Waals surface area contributed by atoms with E-state index < -0.39 is 0 Å². The Kier molecular flexibility index (Phi) is 6.31. The summed E-state index contributed by atoms with van der Waals surface area (Å²) < 4.78 is 18.7. The third kappa shape index (κ3) is 4.40. The van der Waals surface area contributed by atoms with Crippen LogP contribution in [0.25, 0.3) is 5.57 Å². The molecule has 0 saturated carbocycles. The van der Waals surface area contributed by atoms with Gasteiger partial charge in [-0.3, -0.25) is 14.5 Å². The molecule has 2 amide bonds. The Balaban J connectivity index is 1.63. The maximum atomic E-state index is 13.5. The number of imide groups is 1. The van der Waals surface area contributed by atoms with Crippen LogP contribution in [0.15, 0.2) is 54.2 Å². The van der Waals surface area contributed by atoms with Crippen LogP contribution in [0.2, 0.25) is 0 Å². The third-order valence-corrected chi connectivity index (χ3v) is 6.24. The van der Waals surface area contributed by atoms with Crippen molar-refractivity contribution in [2.45, 2.75) is 26.7 Å². The summed E-state index contributed by atoms with van der Waals surface area (Å²) in [6.45, 7) is 6.09. The van der Waals surface area contributed by atoms with Gasteiger partial charge in [0.2, 0.25) is 0 Å². The van der Waals surface area contributed by atoms with Gasteiger partial charge in [0.05, 0.1) is 12.7 Å². The van der Waals surface area contributed by atoms with E-state index in [1.807, 2.05) is 24.3 Å². The molecule has 0 aliphatic carbocycles. The van der Waals surface area contributed by atoms with Crippen molar-refractivity contribution in [1.29, 1.82) is 0 Å². The molecule has 0 N–H and O–H groups in total. The Morgan fingerprint density at radius 3 is 2.16 bits per heavy atom. The number of hydrogen-bond acceptors (Lipinski definition) is 4. The van der Waals surface area contributed by atoms with Crippen molar-refractivity contribution >= 4 is 17.4 Å². The first-order chi connectivity index (χ1) is 15.4. The fourth-order valence-electron chi connectivity index (χ4n) is 4.82. The van der Waals surface area contributed by atoms with Gasteiger partial charge in [0.15, 0.2) is 0 Å². The number of halogens is 1. The Hall–Kier alpha value is -3.15. The molecule has 0 aromatic heterocycles. The second-order valence-electron chi connectivity index (χ2n) is 8.94. The Morgan fingerprint density at radius 2 is 1.56 bits per heavy atom. The minimum Gasteiger partial charge on any atom is -0.497 e. The highest BCUT2D eigenvalue weighted by Crippen LogP contribution is 2.35. The van der Waals surface area contributed by atoms with Crippen LogP contribution in [0.1, 0.15) is 31.4 Å². The van der Waals surface area contributed by atoms with E-state index in [-0.39, 0.29) is 24.2 Å². The molecule has 32 heavy (non-hydrogen) atoms. The summed E-state index contributed by atoms with van der Waals surface area (Å²) in [6, 6.07) is 13.4. The van der Waals surface area contributed by atoms with E-state index in [2.05, 4.69) is 18.7 Å². The van der Waals surface area contributed by atoms with Crippen LogP contribution in [0, 0.1) is 17.7 Å². The molecule has 4 rings (SSSR count). The van der Waals surface area contributed by atoms with Crippen molar-refractivity contribution < 1.29 is 18.7 Å². The van der Waals surface area contributed by atoms with Gasteiger partial charge >= 0.3 is 0 Å². The minimum absolute atomic E-state index is 0.260. The number of ether oxygens (including phenoxy) is 1. The molecule has 5 nitrogen and oxygen atoms in total. The molecular weight excluding hydrogens is 407 g/mol. The predicted octanol–water partition coefficient (Wildman–Crippen LogP) is 4.13. The fraction of sp³-hybridized carbons (Fsp3) is 0.385. The van der Waals surface area contributed by atoms with Crippen LogP contribution in [0.4, 0.5) is 4.39 Å². The van der Waals surface area contributed by atoms with E-state index in [0.717, 1.165) is 30.8 Å². The molecule has 2 aromatic carbocycles. The molecule has 2 atom stereocenters. The van der Waals surface area contributed by atoms with Gasteiger partial charge in [0.25, 0.3) is 11.8 Å². The van der Waals surface area contributed by atoms with E-state index in [4.69, 9.17) is 4.74 Å². The number of rotatable bonds is 6. The molecule has 2 unspecified atom stereocenters. The SMILES string of the molecule is COc1ccc(CCN2C(=O)C(c3ccc(F)cc3)=C(N3CC(C)CC(C)C3)C2=O)cc1. The highest BCUT2D eigenvalue weighted by molar-refractivity contribution is 6.35. The number of carbonyl (C=O) groups is 2. The standard InChI is InChI=1S/C26H29FN2O3/c1-17-14-18(2)16-28(15-17)24-23(20-6-8-21(27)9-7-20)25(30)29(26(24)31)13-12-19-4-10-22(32-3)11-5-19/h4-11,17-18H,12-16H2,1-3H3. The summed E-state index contributed by atoms with van der Waals surface area (Å²) in [5.41, 5.74) is 2.43. The van der Waals surface area contributed by atoms with E-state index >= 15 is 0 Å². The summed E-state index contributed by atoms with van der Waals surface area (Å²) in [5.74, 6) is 0.677. The number of carbonyl (C=O) groups excluding carboxylic acids is 2. The summed E-state index contributed by atoms with van der Waals surface area (Å²) in [4.78, 5) is 30.4. The maximum absolute atomic E-state index is 13.5. The largest absolute Gasteiger partial charge is 0.497 e. The lowest BCUT2D eigenvalue weighted by atomic mass is 9.91. The fourth-order valence-corrected chi connectivity index (χ4v) is 4.82. The Bertz CT molecular complexity index is 1020. The van der Waals surface area contributed by atoms with Gasteiger partial charge in [-0.15, -0.1) is 0 Å². The average molecular weight is 437 g/mol. The van der Waals surface area contributed by atoms with Gasteiger partial charge in [-0.1, -0.05) is 38.1 Å². The second-order valence-corrected chi connectivity index (χ2v) is 8.94. The molecule has 1 saturated heterocycles. The van der Waals surface area contributed by atoms with Gasteiger partial charge in [-0.25, -0.2) is 4.39 Å². The number of benzene rings is 2. The zero-order valence-electron chi connectivity index (χ0n) is 18.8. The monoisotopic (exact) mass is 436 g/mol. The highest BCUT2D eigenvalue weighted by Gasteiger charge is 2.42. The summed E-state index contributed by atoms with van der Waals surface area (Å²) in [7, 11) is 1.61. The third-order valence-electron chi connectivity index (χ3n) is 6.24. The van der Waals surface area contributed by atoms with E-state index in [1.54, 1.807) is 19.2 Å². The van der Waals surface area contributed by atoms with E-state index in [0.29, 0.717) is 35.1 Å². The van der Waals surface area contributed by atoms with Gasteiger partial charge in [0.1, 0.15) is 17.3 Å². The van der Waals surface area contributed by atoms with Gasteiger partial charge < -0.3 is 9.64 Å². The molecule has 0 bridgehead atoms. The number of nitrogens with zero attached hydrogens (tertiary/aromatic N) is 2. The van der Waals surface area contributed by atoms with Crippen molar-refractivity contribution in [3.05, 3.63) is 71.2 Å². The van der Waals surface area contributed by atoms with Crippen LogP contribution in [-0.4, -0.2) is 48.4 Å². The minimum atomic E-state index is -0.371. The lowest BCUT2D eigenvalue weighted by molar-refractivity contribution is -0.137. The maximum Gasteiger partial charge on any atom is 0.277 e. The van der Waals surface area contributed by atoms with Crippen molar-refractivity contribution in [2.24, 2.45) is 11.8 Å². The average Bonchev–Trinajstić information content (AvgIpc) is 3.02. The first kappa shape index (κ1) is 22.1. The molecule has 1 fully saturated rings. The Morgan fingerprint density at radius 1 is 0.938 bits per heavy atom.